The van der Waals surface area contributed by atoms with Crippen molar-refractivity contribution < 1.29 is 0 Å². The van der Waals surface area contributed by atoms with Gasteiger partial charge in [0.05, 0.1) is 5.56 Å². The Labute approximate surface area is 122 Å². The zero-order valence-electron chi connectivity index (χ0n) is 12.7. The highest BCUT2D eigenvalue weighted by Crippen LogP contribution is 2.25. The van der Waals surface area contributed by atoms with Crippen LogP contribution in [0.2, 0.25) is 0 Å². The van der Waals surface area contributed by atoms with Gasteiger partial charge in [-0.3, -0.25) is 0 Å². The highest BCUT2D eigenvalue weighted by molar-refractivity contribution is 5.55. The fraction of sp³-hybridized carbons (Fsp3) is 0.647. The van der Waals surface area contributed by atoms with Crippen LogP contribution in [0, 0.1) is 11.3 Å². The summed E-state index contributed by atoms with van der Waals surface area (Å²) in [7, 11) is 0. The van der Waals surface area contributed by atoms with Gasteiger partial charge >= 0.3 is 0 Å². The number of nitrogens with zero attached hydrogens (tertiary/aromatic N) is 2. The van der Waals surface area contributed by atoms with Crippen LogP contribution in [-0.4, -0.2) is 11.0 Å². The molecule has 1 aromatic heterocycles. The molecule has 1 atom stereocenters. The lowest BCUT2D eigenvalue weighted by molar-refractivity contribution is 0.612. The van der Waals surface area contributed by atoms with E-state index in [9.17, 15) is 5.26 Å². The molecule has 1 aliphatic rings. The van der Waals surface area contributed by atoms with Gasteiger partial charge in [-0.2, -0.15) is 5.26 Å². The zero-order valence-corrected chi connectivity index (χ0v) is 12.7. The first-order chi connectivity index (χ1) is 9.74. The molecule has 0 bridgehead atoms. The number of aryl methyl sites for hydroxylation is 2. The summed E-state index contributed by atoms with van der Waals surface area (Å²) in [6.45, 7) is 4.40. The maximum atomic E-state index is 9.32. The summed E-state index contributed by atoms with van der Waals surface area (Å²) in [5, 5.41) is 12.8. The molecule has 2 rings (SSSR count). The van der Waals surface area contributed by atoms with Gasteiger partial charge in [-0.25, -0.2) is 4.98 Å². The smallest absolute Gasteiger partial charge is 0.144 e. The molecule has 1 aliphatic carbocycles. The Hall–Kier alpha value is -1.56. The largest absolute Gasteiger partial charge is 0.367 e. The van der Waals surface area contributed by atoms with Crippen molar-refractivity contribution in [2.45, 2.75) is 71.3 Å². The van der Waals surface area contributed by atoms with Crippen LogP contribution in [-0.2, 0) is 12.8 Å². The van der Waals surface area contributed by atoms with E-state index < -0.39 is 0 Å². The highest BCUT2D eigenvalue weighted by Gasteiger charge is 2.16. The van der Waals surface area contributed by atoms with Crippen molar-refractivity contribution in [3.8, 4) is 6.07 Å². The minimum absolute atomic E-state index is 0.378. The fourth-order valence-electron chi connectivity index (χ4n) is 2.84. The number of aromatic nitrogens is 1. The van der Waals surface area contributed by atoms with Crippen molar-refractivity contribution in [2.24, 2.45) is 0 Å². The summed E-state index contributed by atoms with van der Waals surface area (Å²) in [6.07, 6.45) is 9.46. The molecule has 0 fully saturated rings. The van der Waals surface area contributed by atoms with E-state index in [1.165, 1.54) is 43.4 Å². The Balaban J connectivity index is 2.08. The second kappa shape index (κ2) is 7.28. The first kappa shape index (κ1) is 14.8. The standard InChI is InChI=1S/C17H25N3/c1-3-4-5-8-13(2)19-17-15(12-18)11-14-9-6-7-10-16(14)20-17/h11,13H,3-10H2,1-2H3,(H,19,20). The zero-order chi connectivity index (χ0) is 14.4. The SMILES string of the molecule is CCCCCC(C)Nc1nc2c(cc1C#N)CCCC2. The first-order valence-electron chi connectivity index (χ1n) is 7.94. The lowest BCUT2D eigenvalue weighted by Crippen LogP contribution is -2.18. The van der Waals surface area contributed by atoms with Crippen molar-refractivity contribution in [1.29, 1.82) is 5.26 Å². The summed E-state index contributed by atoms with van der Waals surface area (Å²) in [6, 6.07) is 4.72. The number of hydrogen-bond acceptors (Lipinski definition) is 3. The van der Waals surface area contributed by atoms with Gasteiger partial charge in [0.25, 0.3) is 0 Å². The second-order valence-electron chi connectivity index (χ2n) is 5.85. The van der Waals surface area contributed by atoms with Gasteiger partial charge in [0.1, 0.15) is 11.9 Å². The molecule has 0 aromatic carbocycles. The number of hydrogen-bond donors (Lipinski definition) is 1. The maximum Gasteiger partial charge on any atom is 0.144 e. The lowest BCUT2D eigenvalue weighted by atomic mass is 9.95. The molecule has 20 heavy (non-hydrogen) atoms. The molecule has 1 N–H and O–H groups in total. The van der Waals surface area contributed by atoms with E-state index in [0.29, 0.717) is 11.6 Å². The molecule has 0 amide bonds. The number of fused-ring (bicyclic) bond motifs is 1. The van der Waals surface area contributed by atoms with Crippen LogP contribution in [0.1, 0.15) is 69.2 Å². The van der Waals surface area contributed by atoms with E-state index in [-0.39, 0.29) is 0 Å². The average molecular weight is 271 g/mol. The molecule has 3 nitrogen and oxygen atoms in total. The van der Waals surface area contributed by atoms with E-state index in [1.54, 1.807) is 0 Å². The van der Waals surface area contributed by atoms with Gasteiger partial charge in [-0.15, -0.1) is 0 Å². The minimum atomic E-state index is 0.378. The van der Waals surface area contributed by atoms with Crippen LogP contribution in [0.4, 0.5) is 5.82 Å². The van der Waals surface area contributed by atoms with Crippen LogP contribution in [0.5, 0.6) is 0 Å². The monoisotopic (exact) mass is 271 g/mol. The molecule has 0 saturated carbocycles. The Kier molecular flexibility index (Phi) is 5.40. The van der Waals surface area contributed by atoms with Crippen molar-refractivity contribution >= 4 is 5.82 Å². The van der Waals surface area contributed by atoms with Crippen LogP contribution in [0.3, 0.4) is 0 Å². The van der Waals surface area contributed by atoms with Gasteiger partial charge in [0.2, 0.25) is 0 Å². The first-order valence-corrected chi connectivity index (χ1v) is 7.94. The van der Waals surface area contributed by atoms with Gasteiger partial charge < -0.3 is 5.32 Å². The Morgan fingerprint density at radius 3 is 2.90 bits per heavy atom. The van der Waals surface area contributed by atoms with Crippen molar-refractivity contribution in [3.63, 3.8) is 0 Å². The van der Waals surface area contributed by atoms with Crippen molar-refractivity contribution in [3.05, 3.63) is 22.9 Å². The number of unbranched alkanes of at least 4 members (excludes halogenated alkanes) is 2. The Bertz CT molecular complexity index is 488. The predicted molar refractivity (Wildman–Crippen MR) is 82.8 cm³/mol. The number of nitrogens with one attached hydrogen (secondary N) is 1. The molecule has 0 spiro atoms. The summed E-state index contributed by atoms with van der Waals surface area (Å²) in [5.74, 6) is 0.789. The molecule has 0 aliphatic heterocycles. The van der Waals surface area contributed by atoms with E-state index in [4.69, 9.17) is 4.98 Å². The molecular formula is C17H25N3. The minimum Gasteiger partial charge on any atom is -0.367 e. The normalized spacial score (nSPS) is 15.2. The van der Waals surface area contributed by atoms with E-state index >= 15 is 0 Å². The topological polar surface area (TPSA) is 48.7 Å². The van der Waals surface area contributed by atoms with Crippen LogP contribution >= 0.6 is 0 Å². The summed E-state index contributed by atoms with van der Waals surface area (Å²) in [4.78, 5) is 4.72. The third-order valence-electron chi connectivity index (χ3n) is 4.05. The average Bonchev–Trinajstić information content (AvgIpc) is 2.46. The predicted octanol–water partition coefficient (Wildman–Crippen LogP) is 4.21. The lowest BCUT2D eigenvalue weighted by Gasteiger charge is -2.20. The van der Waals surface area contributed by atoms with Crippen LogP contribution in [0.15, 0.2) is 6.07 Å². The van der Waals surface area contributed by atoms with E-state index in [2.05, 4.69) is 25.2 Å². The Morgan fingerprint density at radius 1 is 1.35 bits per heavy atom. The van der Waals surface area contributed by atoms with Crippen molar-refractivity contribution in [2.75, 3.05) is 5.32 Å². The molecule has 3 heteroatoms. The van der Waals surface area contributed by atoms with Gasteiger partial charge in [0, 0.05) is 11.7 Å². The maximum absolute atomic E-state index is 9.32. The molecule has 0 saturated heterocycles. The highest BCUT2D eigenvalue weighted by atomic mass is 15.0. The van der Waals surface area contributed by atoms with Gasteiger partial charge in [-0.1, -0.05) is 26.2 Å². The van der Waals surface area contributed by atoms with E-state index in [0.717, 1.165) is 25.1 Å². The quantitative estimate of drug-likeness (QED) is 0.788. The number of rotatable bonds is 6. The third-order valence-corrected chi connectivity index (χ3v) is 4.05. The third kappa shape index (κ3) is 3.72. The van der Waals surface area contributed by atoms with Gasteiger partial charge in [0.15, 0.2) is 0 Å². The Morgan fingerprint density at radius 2 is 2.15 bits per heavy atom. The molecule has 1 aromatic rings. The summed E-state index contributed by atoms with van der Waals surface area (Å²) in [5.41, 5.74) is 3.17. The molecule has 1 heterocycles. The summed E-state index contributed by atoms with van der Waals surface area (Å²) < 4.78 is 0. The molecule has 1 unspecified atom stereocenters. The summed E-state index contributed by atoms with van der Waals surface area (Å²) >= 11 is 0. The number of anilines is 1. The fourth-order valence-corrected chi connectivity index (χ4v) is 2.84. The van der Waals surface area contributed by atoms with E-state index in [1.807, 2.05) is 6.07 Å². The number of nitriles is 1. The van der Waals surface area contributed by atoms with Crippen LogP contribution < -0.4 is 5.32 Å². The molecule has 108 valence electrons. The number of pyridine rings is 1. The second-order valence-corrected chi connectivity index (χ2v) is 5.85. The molecule has 0 radical (unpaired) electrons. The molecular weight excluding hydrogens is 246 g/mol. The van der Waals surface area contributed by atoms with Gasteiger partial charge in [-0.05, 0) is 50.7 Å². The van der Waals surface area contributed by atoms with Crippen LogP contribution in [0.25, 0.3) is 0 Å². The van der Waals surface area contributed by atoms with Crippen molar-refractivity contribution in [1.82, 2.24) is 4.98 Å².